The van der Waals surface area contributed by atoms with Gasteiger partial charge in [-0.15, -0.1) is 11.3 Å². The Morgan fingerprint density at radius 1 is 1.33 bits per heavy atom. The quantitative estimate of drug-likeness (QED) is 0.584. The van der Waals surface area contributed by atoms with Gasteiger partial charge in [-0.05, 0) is 23.1 Å². The Hall–Kier alpha value is -1.81. The smallest absolute Gasteiger partial charge is 0.142 e. The van der Waals surface area contributed by atoms with Gasteiger partial charge in [-0.2, -0.15) is 0 Å². The van der Waals surface area contributed by atoms with E-state index in [-0.39, 0.29) is 0 Å². The topological polar surface area (TPSA) is 42.9 Å². The highest BCUT2D eigenvalue weighted by Crippen LogP contribution is 2.25. The molecule has 0 saturated carbocycles. The van der Waals surface area contributed by atoms with Gasteiger partial charge in [-0.25, -0.2) is 0 Å². The maximum Gasteiger partial charge on any atom is 0.142 e. The summed E-state index contributed by atoms with van der Waals surface area (Å²) in [4.78, 5) is 19.4. The fraction of sp³-hybridized carbons (Fsp3) is 0. The normalized spacial score (nSPS) is 10.7. The average Bonchev–Trinajstić information content (AvgIpc) is 2.76. The Balaban J connectivity index is 2.28. The monoisotopic (exact) mass is 216 g/mol. The Morgan fingerprint density at radius 3 is 3.00 bits per heavy atom. The van der Waals surface area contributed by atoms with E-state index in [0.29, 0.717) is 0 Å². The molecule has 0 fully saturated rings. The van der Waals surface area contributed by atoms with Crippen LogP contribution in [0.1, 0.15) is 5.56 Å². The molecule has 3 nitrogen and oxygen atoms in total. The molecule has 2 aromatic heterocycles. The second kappa shape index (κ2) is 4.61. The standard InChI is InChI=1S/C11H8N2OS/c14-5-1-2-9-6-11(15-8-9)10-7-12-3-4-13-10/h1-8H/b2-1+. The van der Waals surface area contributed by atoms with Crippen LogP contribution in [0, 0.1) is 0 Å². The van der Waals surface area contributed by atoms with E-state index in [4.69, 9.17) is 0 Å². The number of allylic oxidation sites excluding steroid dienone is 1. The minimum Gasteiger partial charge on any atom is -0.299 e. The summed E-state index contributed by atoms with van der Waals surface area (Å²) in [6.45, 7) is 0. The first-order chi connectivity index (χ1) is 7.40. The molecular weight excluding hydrogens is 208 g/mol. The molecule has 2 heterocycles. The minimum absolute atomic E-state index is 0.764. The zero-order chi connectivity index (χ0) is 10.5. The molecule has 74 valence electrons. The fourth-order valence-corrected chi connectivity index (χ4v) is 1.99. The van der Waals surface area contributed by atoms with Crippen LogP contribution in [0.3, 0.4) is 0 Å². The molecule has 0 N–H and O–H groups in total. The van der Waals surface area contributed by atoms with Crippen molar-refractivity contribution in [3.8, 4) is 10.6 Å². The average molecular weight is 216 g/mol. The molecule has 2 rings (SSSR count). The van der Waals surface area contributed by atoms with Crippen LogP contribution in [-0.2, 0) is 4.79 Å². The van der Waals surface area contributed by atoms with Gasteiger partial charge in [-0.1, -0.05) is 6.08 Å². The highest BCUT2D eigenvalue weighted by Gasteiger charge is 2.01. The van der Waals surface area contributed by atoms with Gasteiger partial charge in [-0.3, -0.25) is 14.8 Å². The van der Waals surface area contributed by atoms with Crippen LogP contribution < -0.4 is 0 Å². The first-order valence-corrected chi connectivity index (χ1v) is 5.25. The summed E-state index contributed by atoms with van der Waals surface area (Å²) in [5.41, 5.74) is 1.86. The van der Waals surface area contributed by atoms with E-state index in [0.717, 1.165) is 22.4 Å². The van der Waals surface area contributed by atoms with Crippen molar-refractivity contribution in [3.63, 3.8) is 0 Å². The largest absolute Gasteiger partial charge is 0.299 e. The summed E-state index contributed by atoms with van der Waals surface area (Å²) in [7, 11) is 0. The third-order valence-electron chi connectivity index (χ3n) is 1.80. The molecule has 0 aliphatic rings. The first kappa shape index (κ1) is 9.73. The van der Waals surface area contributed by atoms with E-state index in [2.05, 4.69) is 9.97 Å². The van der Waals surface area contributed by atoms with Gasteiger partial charge in [0, 0.05) is 12.4 Å². The van der Waals surface area contributed by atoms with E-state index >= 15 is 0 Å². The van der Waals surface area contributed by atoms with Gasteiger partial charge in [0.15, 0.2) is 0 Å². The summed E-state index contributed by atoms with van der Waals surface area (Å²) >= 11 is 1.58. The Bertz CT molecular complexity index is 476. The zero-order valence-electron chi connectivity index (χ0n) is 7.83. The third kappa shape index (κ3) is 2.35. The van der Waals surface area contributed by atoms with Gasteiger partial charge >= 0.3 is 0 Å². The van der Waals surface area contributed by atoms with Crippen molar-refractivity contribution in [1.29, 1.82) is 0 Å². The molecule has 0 aliphatic carbocycles. The van der Waals surface area contributed by atoms with Crippen LogP contribution in [0.5, 0.6) is 0 Å². The number of aldehydes is 1. The van der Waals surface area contributed by atoms with Gasteiger partial charge in [0.1, 0.15) is 6.29 Å². The number of thiophene rings is 1. The maximum atomic E-state index is 10.1. The van der Waals surface area contributed by atoms with Crippen molar-refractivity contribution >= 4 is 23.7 Å². The van der Waals surface area contributed by atoms with Crippen molar-refractivity contribution in [2.75, 3.05) is 0 Å². The molecule has 15 heavy (non-hydrogen) atoms. The number of hydrogen-bond acceptors (Lipinski definition) is 4. The predicted molar refractivity (Wildman–Crippen MR) is 60.4 cm³/mol. The van der Waals surface area contributed by atoms with Crippen molar-refractivity contribution in [1.82, 2.24) is 9.97 Å². The van der Waals surface area contributed by atoms with Gasteiger partial charge in [0.25, 0.3) is 0 Å². The molecular formula is C11H8N2OS. The molecule has 0 unspecified atom stereocenters. The van der Waals surface area contributed by atoms with Gasteiger partial charge in [0.2, 0.25) is 0 Å². The zero-order valence-corrected chi connectivity index (χ0v) is 8.65. The predicted octanol–water partition coefficient (Wildman–Crippen LogP) is 2.42. The van der Waals surface area contributed by atoms with Crippen LogP contribution in [0.15, 0.2) is 36.1 Å². The van der Waals surface area contributed by atoms with E-state index < -0.39 is 0 Å². The number of carbonyl (C=O) groups excluding carboxylic acids is 1. The molecule has 0 bridgehead atoms. The molecule has 0 amide bonds. The Kier molecular flexibility index (Phi) is 2.99. The lowest BCUT2D eigenvalue weighted by Gasteiger charge is -1.91. The lowest BCUT2D eigenvalue weighted by atomic mass is 10.2. The molecule has 0 aliphatic heterocycles. The SMILES string of the molecule is O=C/C=C/c1csc(-c2cnccn2)c1. The maximum absolute atomic E-state index is 10.1. The summed E-state index contributed by atoms with van der Waals surface area (Å²) in [5.74, 6) is 0. The highest BCUT2D eigenvalue weighted by molar-refractivity contribution is 7.13. The number of hydrogen-bond donors (Lipinski definition) is 0. The van der Waals surface area contributed by atoms with E-state index in [1.165, 1.54) is 6.08 Å². The van der Waals surface area contributed by atoms with Crippen LogP contribution in [0.2, 0.25) is 0 Å². The summed E-state index contributed by atoms with van der Waals surface area (Å²) in [6, 6.07) is 1.98. The van der Waals surface area contributed by atoms with Crippen molar-refractivity contribution in [2.45, 2.75) is 0 Å². The Morgan fingerprint density at radius 2 is 2.27 bits per heavy atom. The third-order valence-corrected chi connectivity index (χ3v) is 2.77. The molecule has 4 heteroatoms. The van der Waals surface area contributed by atoms with E-state index in [9.17, 15) is 4.79 Å². The van der Waals surface area contributed by atoms with Crippen molar-refractivity contribution in [3.05, 3.63) is 41.7 Å². The second-order valence-corrected chi connectivity index (χ2v) is 3.74. The van der Waals surface area contributed by atoms with Crippen molar-refractivity contribution < 1.29 is 4.79 Å². The van der Waals surface area contributed by atoms with Crippen LogP contribution in [0.25, 0.3) is 16.6 Å². The fourth-order valence-electron chi connectivity index (χ4n) is 1.15. The second-order valence-electron chi connectivity index (χ2n) is 2.83. The lowest BCUT2D eigenvalue weighted by Crippen LogP contribution is -1.79. The Labute approximate surface area is 91.1 Å². The highest BCUT2D eigenvalue weighted by atomic mass is 32.1. The van der Waals surface area contributed by atoms with Gasteiger partial charge < -0.3 is 0 Å². The van der Waals surface area contributed by atoms with Crippen LogP contribution >= 0.6 is 11.3 Å². The number of rotatable bonds is 3. The van der Waals surface area contributed by atoms with Gasteiger partial charge in [0.05, 0.1) is 16.8 Å². The summed E-state index contributed by atoms with van der Waals surface area (Å²) in [6.07, 6.45) is 9.03. The summed E-state index contributed by atoms with van der Waals surface area (Å²) in [5, 5.41) is 1.98. The van der Waals surface area contributed by atoms with E-state index in [1.807, 2.05) is 11.4 Å². The number of nitrogens with zero attached hydrogens (tertiary/aromatic N) is 2. The number of aromatic nitrogens is 2. The molecule has 0 saturated heterocycles. The minimum atomic E-state index is 0.764. The van der Waals surface area contributed by atoms with Crippen LogP contribution in [-0.4, -0.2) is 16.3 Å². The van der Waals surface area contributed by atoms with Crippen LogP contribution in [0.4, 0.5) is 0 Å². The number of carbonyl (C=O) groups is 1. The molecule has 0 atom stereocenters. The molecule has 0 radical (unpaired) electrons. The summed E-state index contributed by atoms with van der Waals surface area (Å²) < 4.78 is 0. The van der Waals surface area contributed by atoms with E-state index in [1.54, 1.807) is 36.0 Å². The molecule has 2 aromatic rings. The lowest BCUT2D eigenvalue weighted by molar-refractivity contribution is -0.104. The molecule has 0 aromatic carbocycles. The first-order valence-electron chi connectivity index (χ1n) is 4.37. The molecule has 0 spiro atoms. The van der Waals surface area contributed by atoms with Crippen molar-refractivity contribution in [2.24, 2.45) is 0 Å².